The van der Waals surface area contributed by atoms with Crippen molar-refractivity contribution in [2.24, 2.45) is 5.73 Å². The number of carbonyl (C=O) groups excluding carboxylic acids is 1. The van der Waals surface area contributed by atoms with Crippen molar-refractivity contribution < 1.29 is 4.79 Å². The zero-order valence-corrected chi connectivity index (χ0v) is 14.8. The molecule has 1 atom stereocenters. The van der Waals surface area contributed by atoms with Crippen molar-refractivity contribution >= 4 is 46.4 Å². The Balaban J connectivity index is 0.00000242. The fourth-order valence-corrected chi connectivity index (χ4v) is 3.29. The van der Waals surface area contributed by atoms with Gasteiger partial charge in [-0.25, -0.2) is 4.98 Å². The average molecular weight is 363 g/mol. The lowest BCUT2D eigenvalue weighted by molar-refractivity contribution is -0.128. The van der Waals surface area contributed by atoms with E-state index in [9.17, 15) is 9.59 Å². The third-order valence-electron chi connectivity index (χ3n) is 3.23. The van der Waals surface area contributed by atoms with Gasteiger partial charge in [0.15, 0.2) is 4.96 Å². The van der Waals surface area contributed by atoms with Crippen LogP contribution in [0.5, 0.6) is 0 Å². The van der Waals surface area contributed by atoms with E-state index in [0.717, 1.165) is 0 Å². The fraction of sp³-hybridized carbons (Fsp3) is 0.462. The Morgan fingerprint density at radius 2 is 2.32 bits per heavy atom. The minimum atomic E-state index is -0.0861. The molecular formula is C13H19ClN4O2S2. The first kappa shape index (κ1) is 19.0. The summed E-state index contributed by atoms with van der Waals surface area (Å²) in [4.78, 5) is 30.5. The Labute approximate surface area is 143 Å². The lowest BCUT2D eigenvalue weighted by atomic mass is 10.3. The second-order valence-corrected chi connectivity index (χ2v) is 6.58. The molecule has 0 saturated heterocycles. The van der Waals surface area contributed by atoms with Gasteiger partial charge in [0, 0.05) is 43.0 Å². The summed E-state index contributed by atoms with van der Waals surface area (Å²) in [5, 5.41) is 1.83. The molecule has 0 fully saturated rings. The fourth-order valence-electron chi connectivity index (χ4n) is 1.71. The van der Waals surface area contributed by atoms with Crippen molar-refractivity contribution in [3.05, 3.63) is 33.7 Å². The van der Waals surface area contributed by atoms with Crippen LogP contribution < -0.4 is 11.3 Å². The highest BCUT2D eigenvalue weighted by molar-refractivity contribution is 7.99. The molecule has 0 aliphatic rings. The molecule has 2 heterocycles. The van der Waals surface area contributed by atoms with E-state index < -0.39 is 0 Å². The molecule has 0 aromatic carbocycles. The first-order valence-corrected chi connectivity index (χ1v) is 8.55. The van der Waals surface area contributed by atoms with Crippen molar-refractivity contribution in [3.63, 3.8) is 0 Å². The maximum Gasteiger partial charge on any atom is 0.258 e. The van der Waals surface area contributed by atoms with E-state index in [1.54, 1.807) is 18.1 Å². The van der Waals surface area contributed by atoms with Gasteiger partial charge in [-0.15, -0.1) is 35.5 Å². The van der Waals surface area contributed by atoms with Crippen LogP contribution in [0.3, 0.4) is 0 Å². The summed E-state index contributed by atoms with van der Waals surface area (Å²) in [5.41, 5.74) is 6.16. The first-order chi connectivity index (χ1) is 10.0. The van der Waals surface area contributed by atoms with Gasteiger partial charge in [0.25, 0.3) is 5.56 Å². The van der Waals surface area contributed by atoms with Gasteiger partial charge in [-0.05, 0) is 6.92 Å². The Morgan fingerprint density at radius 3 is 3.00 bits per heavy atom. The number of carbonyl (C=O) groups is 1. The van der Waals surface area contributed by atoms with Crippen LogP contribution in [0.1, 0.15) is 12.6 Å². The zero-order chi connectivity index (χ0) is 15.4. The number of likely N-dealkylation sites (N-methyl/N-ethyl adjacent to an activating group) is 1. The number of fused-ring (bicyclic) bond motifs is 1. The molecule has 2 aromatic heterocycles. The third-order valence-corrected chi connectivity index (χ3v) is 4.93. The monoisotopic (exact) mass is 362 g/mol. The number of amides is 1. The summed E-state index contributed by atoms with van der Waals surface area (Å²) in [5.74, 6) is 0.930. The van der Waals surface area contributed by atoms with E-state index >= 15 is 0 Å². The molecule has 122 valence electrons. The van der Waals surface area contributed by atoms with Gasteiger partial charge in [0.05, 0.1) is 11.4 Å². The van der Waals surface area contributed by atoms with Gasteiger partial charge in [-0.1, -0.05) is 0 Å². The molecule has 22 heavy (non-hydrogen) atoms. The topological polar surface area (TPSA) is 80.7 Å². The number of nitrogens with two attached hydrogens (primary N) is 1. The normalized spacial score (nSPS) is 12.0. The molecule has 0 spiro atoms. The highest BCUT2D eigenvalue weighted by Gasteiger charge is 2.14. The number of halogens is 1. The molecule has 6 nitrogen and oxygen atoms in total. The van der Waals surface area contributed by atoms with Gasteiger partial charge >= 0.3 is 0 Å². The van der Waals surface area contributed by atoms with E-state index in [-0.39, 0.29) is 29.9 Å². The Bertz CT molecular complexity index is 688. The maximum absolute atomic E-state index is 11.9. The number of hydrogen-bond donors (Lipinski definition) is 1. The number of rotatable bonds is 6. The van der Waals surface area contributed by atoms with E-state index in [1.165, 1.54) is 33.6 Å². The SMILES string of the molecule is CC(CN)N(C)C(=O)CSCc1cc(=O)n2ccsc2n1.Cl. The van der Waals surface area contributed by atoms with Crippen LogP contribution in [0.2, 0.25) is 0 Å². The average Bonchev–Trinajstić information content (AvgIpc) is 2.94. The number of nitrogens with zero attached hydrogens (tertiary/aromatic N) is 3. The Hall–Kier alpha value is -1.09. The van der Waals surface area contributed by atoms with E-state index in [4.69, 9.17) is 5.73 Å². The quantitative estimate of drug-likeness (QED) is 0.835. The van der Waals surface area contributed by atoms with Gasteiger partial charge in [-0.3, -0.25) is 14.0 Å². The van der Waals surface area contributed by atoms with Crippen LogP contribution in [-0.4, -0.2) is 45.6 Å². The second kappa shape index (κ2) is 8.52. The summed E-state index contributed by atoms with van der Waals surface area (Å²) in [6, 6.07) is 1.55. The van der Waals surface area contributed by atoms with E-state index in [2.05, 4.69) is 4.98 Å². The van der Waals surface area contributed by atoms with Crippen molar-refractivity contribution in [1.29, 1.82) is 0 Å². The molecule has 0 saturated carbocycles. The smallest absolute Gasteiger partial charge is 0.258 e. The number of thiazole rings is 1. The van der Waals surface area contributed by atoms with Crippen molar-refractivity contribution in [3.8, 4) is 0 Å². The molecule has 1 unspecified atom stereocenters. The number of hydrogen-bond acceptors (Lipinski definition) is 6. The van der Waals surface area contributed by atoms with Crippen LogP contribution in [0.25, 0.3) is 4.96 Å². The number of aromatic nitrogens is 2. The highest BCUT2D eigenvalue weighted by Crippen LogP contribution is 2.13. The molecule has 0 radical (unpaired) electrons. The standard InChI is InChI=1S/C13H18N4O2S2.ClH/c1-9(6-14)16(2)12(19)8-20-7-10-5-11(18)17-3-4-21-13(17)15-10;/h3-5,9H,6-8,14H2,1-2H3;1H. The molecule has 2 N–H and O–H groups in total. The van der Waals surface area contributed by atoms with Crippen LogP contribution in [0, 0.1) is 0 Å². The highest BCUT2D eigenvalue weighted by atomic mass is 35.5. The molecular weight excluding hydrogens is 344 g/mol. The van der Waals surface area contributed by atoms with Crippen LogP contribution in [-0.2, 0) is 10.5 Å². The van der Waals surface area contributed by atoms with Gasteiger partial charge in [0.1, 0.15) is 0 Å². The van der Waals surface area contributed by atoms with Crippen LogP contribution >= 0.6 is 35.5 Å². The summed E-state index contributed by atoms with van der Waals surface area (Å²) in [6.07, 6.45) is 1.71. The zero-order valence-electron chi connectivity index (χ0n) is 12.4. The predicted octanol–water partition coefficient (Wildman–Crippen LogP) is 1.22. The lowest BCUT2D eigenvalue weighted by Crippen LogP contribution is -2.40. The molecule has 2 rings (SSSR count). The third kappa shape index (κ3) is 4.45. The Kier molecular flexibility index (Phi) is 7.34. The predicted molar refractivity (Wildman–Crippen MR) is 94.0 cm³/mol. The Morgan fingerprint density at radius 1 is 1.59 bits per heavy atom. The first-order valence-electron chi connectivity index (χ1n) is 6.52. The largest absolute Gasteiger partial charge is 0.341 e. The molecule has 0 bridgehead atoms. The second-order valence-electron chi connectivity index (χ2n) is 4.72. The van der Waals surface area contributed by atoms with Gasteiger partial charge in [-0.2, -0.15) is 0 Å². The summed E-state index contributed by atoms with van der Waals surface area (Å²) in [7, 11) is 1.75. The van der Waals surface area contributed by atoms with E-state index in [1.807, 2.05) is 12.3 Å². The minimum absolute atomic E-state index is 0. The van der Waals surface area contributed by atoms with Crippen molar-refractivity contribution in [2.45, 2.75) is 18.7 Å². The molecule has 2 aromatic rings. The maximum atomic E-state index is 11.9. The van der Waals surface area contributed by atoms with Crippen LogP contribution in [0.4, 0.5) is 0 Å². The van der Waals surface area contributed by atoms with Gasteiger partial charge in [0.2, 0.25) is 5.91 Å². The van der Waals surface area contributed by atoms with Crippen molar-refractivity contribution in [2.75, 3.05) is 19.3 Å². The molecule has 0 aliphatic heterocycles. The summed E-state index contributed by atoms with van der Waals surface area (Å²) in [6.45, 7) is 2.36. The molecule has 9 heteroatoms. The summed E-state index contributed by atoms with van der Waals surface area (Å²) < 4.78 is 1.51. The minimum Gasteiger partial charge on any atom is -0.341 e. The van der Waals surface area contributed by atoms with E-state index in [0.29, 0.717) is 28.7 Å². The molecule has 1 amide bonds. The number of thioether (sulfide) groups is 1. The van der Waals surface area contributed by atoms with Crippen LogP contribution in [0.15, 0.2) is 22.4 Å². The van der Waals surface area contributed by atoms with Gasteiger partial charge < -0.3 is 10.6 Å². The van der Waals surface area contributed by atoms with Crippen molar-refractivity contribution in [1.82, 2.24) is 14.3 Å². The summed E-state index contributed by atoms with van der Waals surface area (Å²) >= 11 is 2.87. The lowest BCUT2D eigenvalue weighted by Gasteiger charge is -2.23. The molecule has 0 aliphatic carbocycles.